The Bertz CT molecular complexity index is 1060. The zero-order valence-corrected chi connectivity index (χ0v) is 16.4. The Morgan fingerprint density at radius 1 is 0.963 bits per heavy atom. The molecule has 1 fully saturated rings. The molecule has 140 valence electrons. The fourth-order valence-corrected chi connectivity index (χ4v) is 4.78. The van der Waals surface area contributed by atoms with Crippen molar-refractivity contribution in [1.82, 2.24) is 9.80 Å². The molecule has 4 rings (SSSR count). The molecule has 27 heavy (non-hydrogen) atoms. The van der Waals surface area contributed by atoms with Gasteiger partial charge >= 0.3 is 0 Å². The molecule has 0 aromatic heterocycles. The number of amidine groups is 1. The molecule has 0 bridgehead atoms. The van der Waals surface area contributed by atoms with Gasteiger partial charge in [-0.25, -0.2) is 0 Å². The van der Waals surface area contributed by atoms with Gasteiger partial charge in [0.25, 0.3) is 15.9 Å². The Morgan fingerprint density at radius 2 is 1.67 bits per heavy atom. The molecular weight excluding hydrogens is 409 g/mol. The lowest BCUT2D eigenvalue weighted by atomic mass is 10.1. The van der Waals surface area contributed by atoms with E-state index in [2.05, 4.69) is 4.40 Å². The van der Waals surface area contributed by atoms with Crippen LogP contribution in [0.25, 0.3) is 0 Å². The first-order valence-electron chi connectivity index (χ1n) is 8.30. The average Bonchev–Trinajstić information content (AvgIpc) is 2.95. The second-order valence-electron chi connectivity index (χ2n) is 6.29. The van der Waals surface area contributed by atoms with E-state index in [0.29, 0.717) is 53.2 Å². The standard InChI is InChI=1S/C18H15Cl2N3O3S/c19-14-6-5-12(11-15(14)20)18(24)23-9-7-22(8-10-23)17-13-3-1-2-4-16(13)27(25,26)21-17/h1-6,11H,7-10H2. The summed E-state index contributed by atoms with van der Waals surface area (Å²) in [6, 6.07) is 11.6. The first kappa shape index (κ1) is 18.3. The van der Waals surface area contributed by atoms with Crippen molar-refractivity contribution in [1.29, 1.82) is 0 Å². The number of piperazine rings is 1. The number of hydrogen-bond donors (Lipinski definition) is 0. The monoisotopic (exact) mass is 423 g/mol. The number of nitrogens with zero attached hydrogens (tertiary/aromatic N) is 3. The fourth-order valence-electron chi connectivity index (χ4n) is 3.25. The van der Waals surface area contributed by atoms with E-state index in [4.69, 9.17) is 23.2 Å². The maximum atomic E-state index is 12.7. The van der Waals surface area contributed by atoms with Crippen molar-refractivity contribution in [2.75, 3.05) is 26.2 Å². The lowest BCUT2D eigenvalue weighted by molar-refractivity contribution is 0.0692. The van der Waals surface area contributed by atoms with Crippen molar-refractivity contribution < 1.29 is 13.2 Å². The van der Waals surface area contributed by atoms with Gasteiger partial charge in [0.15, 0.2) is 5.84 Å². The van der Waals surface area contributed by atoms with Crippen LogP contribution in [0.4, 0.5) is 0 Å². The molecule has 0 N–H and O–H groups in total. The first-order chi connectivity index (χ1) is 12.9. The molecule has 1 saturated heterocycles. The summed E-state index contributed by atoms with van der Waals surface area (Å²) in [7, 11) is -3.65. The van der Waals surface area contributed by atoms with E-state index in [9.17, 15) is 13.2 Å². The number of sulfonamides is 1. The van der Waals surface area contributed by atoms with E-state index in [-0.39, 0.29) is 10.8 Å². The van der Waals surface area contributed by atoms with Gasteiger partial charge in [0.1, 0.15) is 4.90 Å². The van der Waals surface area contributed by atoms with E-state index in [1.54, 1.807) is 47.4 Å². The number of fused-ring (bicyclic) bond motifs is 1. The zero-order chi connectivity index (χ0) is 19.2. The molecule has 0 atom stereocenters. The third-order valence-electron chi connectivity index (χ3n) is 4.65. The van der Waals surface area contributed by atoms with Crippen LogP contribution in [0.3, 0.4) is 0 Å². The van der Waals surface area contributed by atoms with E-state index < -0.39 is 10.0 Å². The molecule has 2 heterocycles. The van der Waals surface area contributed by atoms with Gasteiger partial charge in [-0.2, -0.15) is 8.42 Å². The number of carbonyl (C=O) groups excluding carboxylic acids is 1. The van der Waals surface area contributed by atoms with E-state index in [0.717, 1.165) is 0 Å². The van der Waals surface area contributed by atoms with Crippen LogP contribution in [0.15, 0.2) is 51.8 Å². The van der Waals surface area contributed by atoms with Gasteiger partial charge < -0.3 is 9.80 Å². The van der Waals surface area contributed by atoms with Crippen LogP contribution in [0.5, 0.6) is 0 Å². The maximum absolute atomic E-state index is 12.7. The minimum atomic E-state index is -3.65. The third kappa shape index (κ3) is 3.31. The van der Waals surface area contributed by atoms with Gasteiger partial charge in [-0.3, -0.25) is 4.79 Å². The lowest BCUT2D eigenvalue weighted by Gasteiger charge is -2.35. The van der Waals surface area contributed by atoms with E-state index >= 15 is 0 Å². The maximum Gasteiger partial charge on any atom is 0.285 e. The largest absolute Gasteiger partial charge is 0.352 e. The third-order valence-corrected chi connectivity index (χ3v) is 6.71. The van der Waals surface area contributed by atoms with Crippen LogP contribution in [0.2, 0.25) is 10.0 Å². The molecule has 0 saturated carbocycles. The molecule has 0 aliphatic carbocycles. The first-order valence-corrected chi connectivity index (χ1v) is 10.5. The number of hydrogen-bond acceptors (Lipinski definition) is 4. The van der Waals surface area contributed by atoms with Crippen LogP contribution in [-0.2, 0) is 10.0 Å². The Labute approximate surface area is 167 Å². The summed E-state index contributed by atoms with van der Waals surface area (Å²) < 4.78 is 28.4. The zero-order valence-electron chi connectivity index (χ0n) is 14.1. The van der Waals surface area contributed by atoms with Gasteiger partial charge in [0.2, 0.25) is 0 Å². The van der Waals surface area contributed by atoms with Gasteiger partial charge in [-0.05, 0) is 30.3 Å². The lowest BCUT2D eigenvalue weighted by Crippen LogP contribution is -2.50. The normalized spacial score (nSPS) is 18.2. The quantitative estimate of drug-likeness (QED) is 0.706. The highest BCUT2D eigenvalue weighted by molar-refractivity contribution is 7.90. The molecule has 2 aliphatic heterocycles. The molecule has 2 aliphatic rings. The van der Waals surface area contributed by atoms with Crippen LogP contribution >= 0.6 is 23.2 Å². The molecule has 2 aromatic carbocycles. The molecule has 0 spiro atoms. The summed E-state index contributed by atoms with van der Waals surface area (Å²) in [6.07, 6.45) is 0. The highest BCUT2D eigenvalue weighted by atomic mass is 35.5. The SMILES string of the molecule is O=C(c1ccc(Cl)c(Cl)c1)N1CCN(C2=NS(=O)(=O)c3ccccc32)CC1. The van der Waals surface area contributed by atoms with Crippen molar-refractivity contribution in [3.05, 3.63) is 63.6 Å². The van der Waals surface area contributed by atoms with Gasteiger partial charge in [-0.15, -0.1) is 4.40 Å². The van der Waals surface area contributed by atoms with Crippen molar-refractivity contribution in [3.8, 4) is 0 Å². The minimum Gasteiger partial charge on any atom is -0.352 e. The number of amides is 1. The van der Waals surface area contributed by atoms with Gasteiger partial charge in [-0.1, -0.05) is 35.3 Å². The molecule has 2 aromatic rings. The van der Waals surface area contributed by atoms with E-state index in [1.165, 1.54) is 0 Å². The molecular formula is C18H15Cl2N3O3S. The smallest absolute Gasteiger partial charge is 0.285 e. The predicted octanol–water partition coefficient (Wildman–Crippen LogP) is 2.90. The topological polar surface area (TPSA) is 70.1 Å². The number of carbonyl (C=O) groups is 1. The second-order valence-corrected chi connectivity index (χ2v) is 8.68. The van der Waals surface area contributed by atoms with Crippen LogP contribution < -0.4 is 0 Å². The summed E-state index contributed by atoms with van der Waals surface area (Å²) in [5.41, 5.74) is 1.09. The Balaban J connectivity index is 1.50. The summed E-state index contributed by atoms with van der Waals surface area (Å²) in [4.78, 5) is 16.5. The van der Waals surface area contributed by atoms with Crippen LogP contribution in [-0.4, -0.2) is 56.1 Å². The Morgan fingerprint density at radius 3 is 2.37 bits per heavy atom. The Hall–Kier alpha value is -2.09. The number of benzene rings is 2. The predicted molar refractivity (Wildman–Crippen MR) is 104 cm³/mol. The highest BCUT2D eigenvalue weighted by Crippen LogP contribution is 2.28. The number of rotatable bonds is 1. The summed E-state index contributed by atoms with van der Waals surface area (Å²) in [5.74, 6) is 0.321. The van der Waals surface area contributed by atoms with Crippen molar-refractivity contribution in [3.63, 3.8) is 0 Å². The van der Waals surface area contributed by atoms with Crippen LogP contribution in [0.1, 0.15) is 15.9 Å². The second kappa shape index (κ2) is 6.82. The molecule has 9 heteroatoms. The van der Waals surface area contributed by atoms with Gasteiger partial charge in [0, 0.05) is 37.3 Å². The van der Waals surface area contributed by atoms with Crippen molar-refractivity contribution in [2.24, 2.45) is 4.40 Å². The minimum absolute atomic E-state index is 0.130. The fraction of sp³-hybridized carbons (Fsp3) is 0.222. The molecule has 0 unspecified atom stereocenters. The summed E-state index contributed by atoms with van der Waals surface area (Å²) in [5, 5.41) is 0.737. The molecule has 1 amide bonds. The van der Waals surface area contributed by atoms with Crippen LogP contribution in [0, 0.1) is 0 Å². The van der Waals surface area contributed by atoms with E-state index in [1.807, 2.05) is 4.90 Å². The summed E-state index contributed by atoms with van der Waals surface area (Å²) >= 11 is 11.9. The number of halogens is 2. The van der Waals surface area contributed by atoms with Crippen molar-refractivity contribution in [2.45, 2.75) is 4.90 Å². The Kier molecular flexibility index (Phi) is 4.61. The van der Waals surface area contributed by atoms with Gasteiger partial charge in [0.05, 0.1) is 10.0 Å². The van der Waals surface area contributed by atoms with Crippen molar-refractivity contribution >= 4 is 45.0 Å². The molecule has 6 nitrogen and oxygen atoms in total. The highest BCUT2D eigenvalue weighted by Gasteiger charge is 2.33. The molecule has 0 radical (unpaired) electrons. The summed E-state index contributed by atoms with van der Waals surface area (Å²) in [6.45, 7) is 1.91. The average molecular weight is 424 g/mol.